The van der Waals surface area contributed by atoms with Crippen LogP contribution in [0.3, 0.4) is 0 Å². The SMILES string of the molecule is C=C(Cl)C[C@@H](Cc1ccccc1)C(=O)Nc1cc2cccc(F)c2nc1C. The van der Waals surface area contributed by atoms with Crippen LogP contribution in [-0.4, -0.2) is 10.9 Å². The number of rotatable bonds is 6. The molecule has 0 aliphatic carbocycles. The molecule has 0 spiro atoms. The molecule has 0 saturated heterocycles. The number of para-hydroxylation sites is 1. The lowest BCUT2D eigenvalue weighted by Crippen LogP contribution is -2.25. The van der Waals surface area contributed by atoms with Crippen molar-refractivity contribution in [2.75, 3.05) is 5.32 Å². The highest BCUT2D eigenvalue weighted by molar-refractivity contribution is 6.29. The number of carbonyl (C=O) groups is 1. The molecule has 27 heavy (non-hydrogen) atoms. The molecule has 0 aliphatic heterocycles. The second-order valence-corrected chi connectivity index (χ2v) is 7.06. The topological polar surface area (TPSA) is 42.0 Å². The second-order valence-electron chi connectivity index (χ2n) is 6.53. The molecule has 0 saturated carbocycles. The van der Waals surface area contributed by atoms with Crippen LogP contribution in [0, 0.1) is 18.7 Å². The lowest BCUT2D eigenvalue weighted by Gasteiger charge is -2.18. The molecule has 1 heterocycles. The predicted octanol–water partition coefficient (Wildman–Crippen LogP) is 5.62. The molecule has 1 amide bonds. The molecule has 0 aliphatic rings. The Hall–Kier alpha value is -2.72. The number of allylic oxidation sites excluding steroid dienone is 1. The Kier molecular flexibility index (Phi) is 5.87. The monoisotopic (exact) mass is 382 g/mol. The fourth-order valence-electron chi connectivity index (χ4n) is 3.04. The van der Waals surface area contributed by atoms with Crippen LogP contribution >= 0.6 is 11.6 Å². The van der Waals surface area contributed by atoms with Crippen LogP contribution in [0.25, 0.3) is 10.9 Å². The van der Waals surface area contributed by atoms with Gasteiger partial charge in [-0.2, -0.15) is 0 Å². The molecular weight excluding hydrogens is 363 g/mol. The smallest absolute Gasteiger partial charge is 0.228 e. The number of aromatic nitrogens is 1. The molecule has 3 rings (SSSR count). The first-order valence-electron chi connectivity index (χ1n) is 8.68. The standard InChI is InChI=1S/C22H20ClFN2O/c1-14(23)11-18(12-16-7-4-3-5-8-16)22(27)26-20-13-17-9-6-10-19(24)21(17)25-15(20)2/h3-10,13,18H,1,11-12H2,2H3,(H,26,27)/t18-/m0/s1. The number of nitrogens with one attached hydrogen (secondary N) is 1. The Morgan fingerprint density at radius 1 is 1.22 bits per heavy atom. The second kappa shape index (κ2) is 8.31. The van der Waals surface area contributed by atoms with Crippen molar-refractivity contribution in [2.45, 2.75) is 19.8 Å². The van der Waals surface area contributed by atoms with E-state index in [-0.39, 0.29) is 17.6 Å². The van der Waals surface area contributed by atoms with E-state index in [1.165, 1.54) is 6.07 Å². The summed E-state index contributed by atoms with van der Waals surface area (Å²) in [4.78, 5) is 17.2. The van der Waals surface area contributed by atoms with Crippen LogP contribution < -0.4 is 5.32 Å². The molecule has 0 radical (unpaired) electrons. The molecule has 3 nitrogen and oxygen atoms in total. The summed E-state index contributed by atoms with van der Waals surface area (Å²) in [6.45, 7) is 5.47. The highest BCUT2D eigenvalue weighted by atomic mass is 35.5. The lowest BCUT2D eigenvalue weighted by atomic mass is 9.95. The number of nitrogens with zero attached hydrogens (tertiary/aromatic N) is 1. The van der Waals surface area contributed by atoms with Gasteiger partial charge in [0.2, 0.25) is 5.91 Å². The van der Waals surface area contributed by atoms with E-state index in [0.29, 0.717) is 40.2 Å². The van der Waals surface area contributed by atoms with Gasteiger partial charge in [-0.25, -0.2) is 9.37 Å². The van der Waals surface area contributed by atoms with Gasteiger partial charge in [0.1, 0.15) is 11.3 Å². The van der Waals surface area contributed by atoms with E-state index in [1.807, 2.05) is 30.3 Å². The number of pyridine rings is 1. The highest BCUT2D eigenvalue weighted by Crippen LogP contribution is 2.25. The molecule has 1 aromatic heterocycles. The van der Waals surface area contributed by atoms with Gasteiger partial charge in [0.15, 0.2) is 0 Å². The van der Waals surface area contributed by atoms with Crippen molar-refractivity contribution < 1.29 is 9.18 Å². The molecule has 1 atom stereocenters. The van der Waals surface area contributed by atoms with Crippen molar-refractivity contribution in [3.63, 3.8) is 0 Å². The molecular formula is C22H20ClFN2O. The number of hydrogen-bond acceptors (Lipinski definition) is 2. The summed E-state index contributed by atoms with van der Waals surface area (Å²) in [6, 6.07) is 16.3. The maximum Gasteiger partial charge on any atom is 0.228 e. The number of anilines is 1. The summed E-state index contributed by atoms with van der Waals surface area (Å²) in [5.74, 6) is -0.907. The number of hydrogen-bond donors (Lipinski definition) is 1. The van der Waals surface area contributed by atoms with Crippen LogP contribution in [0.4, 0.5) is 10.1 Å². The van der Waals surface area contributed by atoms with Crippen LogP contribution in [0.5, 0.6) is 0 Å². The van der Waals surface area contributed by atoms with Crippen LogP contribution in [0.1, 0.15) is 17.7 Å². The zero-order valence-electron chi connectivity index (χ0n) is 15.0. The summed E-state index contributed by atoms with van der Waals surface area (Å²) < 4.78 is 13.9. The summed E-state index contributed by atoms with van der Waals surface area (Å²) in [6.07, 6.45) is 0.921. The number of amides is 1. The van der Waals surface area contributed by atoms with E-state index in [1.54, 1.807) is 25.1 Å². The average Bonchev–Trinajstić information content (AvgIpc) is 2.63. The van der Waals surface area contributed by atoms with Gasteiger partial charge < -0.3 is 5.32 Å². The van der Waals surface area contributed by atoms with E-state index in [2.05, 4.69) is 16.9 Å². The van der Waals surface area contributed by atoms with Gasteiger partial charge >= 0.3 is 0 Å². The number of halogens is 2. The van der Waals surface area contributed by atoms with Crippen LogP contribution in [0.2, 0.25) is 0 Å². The fourth-order valence-corrected chi connectivity index (χ4v) is 3.23. The number of carbonyl (C=O) groups excluding carboxylic acids is 1. The van der Waals surface area contributed by atoms with Gasteiger partial charge in [0.25, 0.3) is 0 Å². The maximum absolute atomic E-state index is 13.9. The van der Waals surface area contributed by atoms with Gasteiger partial charge in [-0.15, -0.1) is 0 Å². The maximum atomic E-state index is 13.9. The van der Waals surface area contributed by atoms with Crippen LogP contribution in [-0.2, 0) is 11.2 Å². The Bertz CT molecular complexity index is 988. The van der Waals surface area contributed by atoms with Crippen molar-refractivity contribution in [3.05, 3.63) is 83.3 Å². The first-order chi connectivity index (χ1) is 12.9. The van der Waals surface area contributed by atoms with Gasteiger partial charge in [0.05, 0.1) is 11.4 Å². The fraction of sp³-hybridized carbons (Fsp3) is 0.182. The first kappa shape index (κ1) is 19.1. The zero-order valence-corrected chi connectivity index (χ0v) is 15.8. The highest BCUT2D eigenvalue weighted by Gasteiger charge is 2.21. The van der Waals surface area contributed by atoms with Crippen molar-refractivity contribution >= 4 is 34.1 Å². The molecule has 5 heteroatoms. The Morgan fingerprint density at radius 3 is 2.67 bits per heavy atom. The number of benzene rings is 2. The predicted molar refractivity (Wildman–Crippen MR) is 108 cm³/mol. The van der Waals surface area contributed by atoms with Crippen molar-refractivity contribution in [3.8, 4) is 0 Å². The van der Waals surface area contributed by atoms with E-state index in [9.17, 15) is 9.18 Å². The Balaban J connectivity index is 1.85. The molecule has 1 N–H and O–H groups in total. The molecule has 0 unspecified atom stereocenters. The third-order valence-corrected chi connectivity index (χ3v) is 4.56. The average molecular weight is 383 g/mol. The minimum absolute atomic E-state index is 0.165. The molecule has 3 aromatic rings. The lowest BCUT2D eigenvalue weighted by molar-refractivity contribution is -0.119. The van der Waals surface area contributed by atoms with E-state index < -0.39 is 0 Å². The number of fused-ring (bicyclic) bond motifs is 1. The summed E-state index contributed by atoms with van der Waals surface area (Å²) in [5, 5.41) is 3.99. The van der Waals surface area contributed by atoms with Gasteiger partial charge in [0, 0.05) is 16.3 Å². The quantitative estimate of drug-likeness (QED) is 0.601. The van der Waals surface area contributed by atoms with Gasteiger partial charge in [-0.3, -0.25) is 4.79 Å². The van der Waals surface area contributed by atoms with Crippen LogP contribution in [0.15, 0.2) is 66.2 Å². The summed E-state index contributed by atoms with van der Waals surface area (Å²) >= 11 is 5.98. The van der Waals surface area contributed by atoms with Gasteiger partial charge in [-0.05, 0) is 37.5 Å². The molecule has 2 aromatic carbocycles. The first-order valence-corrected chi connectivity index (χ1v) is 9.06. The summed E-state index contributed by atoms with van der Waals surface area (Å²) in [5.41, 5.74) is 2.47. The molecule has 0 bridgehead atoms. The van der Waals surface area contributed by atoms with E-state index in [4.69, 9.17) is 11.6 Å². The molecule has 138 valence electrons. The third kappa shape index (κ3) is 4.72. The largest absolute Gasteiger partial charge is 0.324 e. The Morgan fingerprint density at radius 2 is 1.96 bits per heavy atom. The molecule has 0 fully saturated rings. The van der Waals surface area contributed by atoms with E-state index >= 15 is 0 Å². The summed E-state index contributed by atoms with van der Waals surface area (Å²) in [7, 11) is 0. The minimum Gasteiger partial charge on any atom is -0.324 e. The third-order valence-electron chi connectivity index (χ3n) is 4.41. The number of aryl methyl sites for hydroxylation is 1. The normalized spacial score (nSPS) is 12.0. The van der Waals surface area contributed by atoms with Crippen molar-refractivity contribution in [2.24, 2.45) is 5.92 Å². The minimum atomic E-state index is -0.381. The van der Waals surface area contributed by atoms with Crippen molar-refractivity contribution in [1.29, 1.82) is 0 Å². The zero-order chi connectivity index (χ0) is 19.4. The Labute approximate surface area is 162 Å². The van der Waals surface area contributed by atoms with Gasteiger partial charge in [-0.1, -0.05) is 60.6 Å². The van der Waals surface area contributed by atoms with E-state index in [0.717, 1.165) is 5.56 Å². The van der Waals surface area contributed by atoms with Crippen molar-refractivity contribution in [1.82, 2.24) is 4.98 Å².